The summed E-state index contributed by atoms with van der Waals surface area (Å²) in [7, 11) is 3.21. The molecule has 1 saturated heterocycles. The minimum absolute atomic E-state index is 0.0675. The maximum absolute atomic E-state index is 13.2. The summed E-state index contributed by atoms with van der Waals surface area (Å²) in [6, 6.07) is 12.5. The van der Waals surface area contributed by atoms with Gasteiger partial charge in [0.1, 0.15) is 0 Å². The molecule has 2 unspecified atom stereocenters. The van der Waals surface area contributed by atoms with E-state index in [1.165, 1.54) is 27.6 Å². The highest BCUT2D eigenvalue weighted by molar-refractivity contribution is 7.99. The largest absolute Gasteiger partial charge is 0.392 e. The molecule has 0 radical (unpaired) electrons. The number of aliphatic hydroxyl groups is 1. The van der Waals surface area contributed by atoms with Gasteiger partial charge in [-0.25, -0.2) is 0 Å². The standard InChI is InChI=1S/C26H31N3O5S/c1-16(2)19-8-6-7-9-23(19)35-24-11-10-18(14-21(24)29(33)34)17(3)25(31)28-13-12-22(30)20(15-28)26(32)27(4)5/h6-11,14,16,20,22,30H,3,12-13,15H2,1-2,4-5H3. The van der Waals surface area contributed by atoms with E-state index in [0.29, 0.717) is 10.5 Å². The Hall–Kier alpha value is -3.17. The van der Waals surface area contributed by atoms with Crippen molar-refractivity contribution in [2.24, 2.45) is 5.92 Å². The number of hydrogen-bond donors (Lipinski definition) is 1. The second-order valence-corrected chi connectivity index (χ2v) is 10.2. The third-order valence-electron chi connectivity index (χ3n) is 6.14. The van der Waals surface area contributed by atoms with Gasteiger partial charge in [0.25, 0.3) is 11.6 Å². The van der Waals surface area contributed by atoms with Crippen molar-refractivity contribution in [2.45, 2.75) is 42.1 Å². The van der Waals surface area contributed by atoms with Gasteiger partial charge in [0.05, 0.1) is 21.8 Å². The number of likely N-dealkylation sites (tertiary alicyclic amines) is 1. The van der Waals surface area contributed by atoms with Gasteiger partial charge in [0.15, 0.2) is 0 Å². The summed E-state index contributed by atoms with van der Waals surface area (Å²) in [4.78, 5) is 41.3. The molecule has 0 aliphatic carbocycles. The molecule has 186 valence electrons. The van der Waals surface area contributed by atoms with Crippen molar-refractivity contribution >= 4 is 34.8 Å². The molecule has 0 saturated carbocycles. The number of nitrogens with zero attached hydrogens (tertiary/aromatic N) is 3. The minimum Gasteiger partial charge on any atom is -0.392 e. The van der Waals surface area contributed by atoms with Crippen LogP contribution in [0.25, 0.3) is 5.57 Å². The molecular formula is C26H31N3O5S. The fraction of sp³-hybridized carbons (Fsp3) is 0.385. The zero-order chi connectivity index (χ0) is 25.9. The lowest BCUT2D eigenvalue weighted by atomic mass is 9.92. The Morgan fingerprint density at radius 2 is 1.89 bits per heavy atom. The molecule has 2 aromatic carbocycles. The number of amides is 2. The number of nitro groups is 1. The van der Waals surface area contributed by atoms with Gasteiger partial charge in [-0.2, -0.15) is 0 Å². The van der Waals surface area contributed by atoms with Crippen molar-refractivity contribution in [3.63, 3.8) is 0 Å². The van der Waals surface area contributed by atoms with Crippen LogP contribution in [-0.4, -0.2) is 64.9 Å². The Bertz CT molecular complexity index is 1150. The summed E-state index contributed by atoms with van der Waals surface area (Å²) >= 11 is 1.32. The Morgan fingerprint density at radius 3 is 2.51 bits per heavy atom. The van der Waals surface area contributed by atoms with E-state index in [-0.39, 0.29) is 42.6 Å². The molecule has 35 heavy (non-hydrogen) atoms. The summed E-state index contributed by atoms with van der Waals surface area (Å²) in [6.07, 6.45) is -0.554. The SMILES string of the molecule is C=C(C(=O)N1CCC(O)C(C(=O)N(C)C)C1)c1ccc(Sc2ccccc2C(C)C)c([N+](=O)[O-])c1. The molecule has 1 fully saturated rings. The van der Waals surface area contributed by atoms with Crippen molar-refractivity contribution in [1.29, 1.82) is 0 Å². The average molecular weight is 498 g/mol. The molecule has 1 aliphatic rings. The Kier molecular flexibility index (Phi) is 8.34. The first-order valence-corrected chi connectivity index (χ1v) is 12.3. The lowest BCUT2D eigenvalue weighted by Crippen LogP contribution is -2.51. The molecule has 3 rings (SSSR count). The number of carbonyl (C=O) groups is 2. The smallest absolute Gasteiger partial charge is 0.283 e. The first-order valence-electron chi connectivity index (χ1n) is 11.4. The lowest BCUT2D eigenvalue weighted by molar-refractivity contribution is -0.387. The monoisotopic (exact) mass is 497 g/mol. The van der Waals surface area contributed by atoms with Crippen LogP contribution in [-0.2, 0) is 9.59 Å². The van der Waals surface area contributed by atoms with Crippen LogP contribution in [0.15, 0.2) is 58.8 Å². The second-order valence-electron chi connectivity index (χ2n) is 9.16. The lowest BCUT2D eigenvalue weighted by Gasteiger charge is -2.36. The van der Waals surface area contributed by atoms with Gasteiger partial charge < -0.3 is 14.9 Å². The molecule has 2 aromatic rings. The maximum atomic E-state index is 13.2. The minimum atomic E-state index is -0.826. The van der Waals surface area contributed by atoms with Crippen LogP contribution in [0.4, 0.5) is 5.69 Å². The highest BCUT2D eigenvalue weighted by Gasteiger charge is 2.36. The molecule has 8 nitrogen and oxygen atoms in total. The van der Waals surface area contributed by atoms with Crippen LogP contribution in [0.2, 0.25) is 0 Å². The number of piperidine rings is 1. The third kappa shape index (κ3) is 5.91. The molecule has 0 aromatic heterocycles. The van der Waals surface area contributed by atoms with Crippen molar-refractivity contribution in [3.8, 4) is 0 Å². The normalized spacial score (nSPS) is 17.8. The number of rotatable bonds is 7. The van der Waals surface area contributed by atoms with E-state index >= 15 is 0 Å². The maximum Gasteiger partial charge on any atom is 0.283 e. The van der Waals surface area contributed by atoms with Gasteiger partial charge in [-0.15, -0.1) is 0 Å². The van der Waals surface area contributed by atoms with Crippen LogP contribution in [0, 0.1) is 16.0 Å². The van der Waals surface area contributed by atoms with Gasteiger partial charge in [0.2, 0.25) is 5.91 Å². The summed E-state index contributed by atoms with van der Waals surface area (Å²) in [6.45, 7) is 8.38. The topological polar surface area (TPSA) is 104 Å². The fourth-order valence-electron chi connectivity index (χ4n) is 4.12. The van der Waals surface area contributed by atoms with E-state index in [0.717, 1.165) is 10.5 Å². The Labute approximate surface area is 209 Å². The molecular weight excluding hydrogens is 466 g/mol. The van der Waals surface area contributed by atoms with E-state index in [9.17, 15) is 24.8 Å². The van der Waals surface area contributed by atoms with Gasteiger partial charge in [-0.3, -0.25) is 19.7 Å². The number of benzene rings is 2. The summed E-state index contributed by atoms with van der Waals surface area (Å²) in [5.41, 5.74) is 1.46. The second kappa shape index (κ2) is 11.0. The molecule has 2 atom stereocenters. The van der Waals surface area contributed by atoms with Gasteiger partial charge >= 0.3 is 0 Å². The van der Waals surface area contributed by atoms with Crippen molar-refractivity contribution in [3.05, 3.63) is 70.3 Å². The van der Waals surface area contributed by atoms with Crippen molar-refractivity contribution in [1.82, 2.24) is 9.80 Å². The fourth-order valence-corrected chi connectivity index (χ4v) is 5.30. The van der Waals surface area contributed by atoms with Gasteiger partial charge in [-0.1, -0.05) is 56.5 Å². The van der Waals surface area contributed by atoms with E-state index < -0.39 is 22.9 Å². The van der Waals surface area contributed by atoms with Crippen LogP contribution in [0.1, 0.15) is 37.3 Å². The molecule has 0 bridgehead atoms. The number of carbonyl (C=O) groups excluding carboxylic acids is 2. The number of nitro benzene ring substituents is 1. The van der Waals surface area contributed by atoms with Gasteiger partial charge in [-0.05, 0) is 35.6 Å². The Morgan fingerprint density at radius 1 is 1.20 bits per heavy atom. The molecule has 2 amide bonds. The first kappa shape index (κ1) is 26.4. The zero-order valence-electron chi connectivity index (χ0n) is 20.4. The van der Waals surface area contributed by atoms with Gasteiger partial charge in [0, 0.05) is 43.7 Å². The van der Waals surface area contributed by atoms with E-state index in [1.54, 1.807) is 26.2 Å². The summed E-state index contributed by atoms with van der Waals surface area (Å²) < 4.78 is 0. The van der Waals surface area contributed by atoms with Crippen LogP contribution in [0.5, 0.6) is 0 Å². The molecule has 1 heterocycles. The van der Waals surface area contributed by atoms with Crippen LogP contribution >= 0.6 is 11.8 Å². The Balaban J connectivity index is 1.84. The van der Waals surface area contributed by atoms with Crippen LogP contribution < -0.4 is 0 Å². The first-order chi connectivity index (χ1) is 16.5. The predicted octanol–water partition coefficient (Wildman–Crippen LogP) is 4.18. The van der Waals surface area contributed by atoms with E-state index in [4.69, 9.17) is 0 Å². The molecule has 1 N–H and O–H groups in total. The van der Waals surface area contributed by atoms with E-state index in [1.807, 2.05) is 24.3 Å². The third-order valence-corrected chi connectivity index (χ3v) is 7.30. The summed E-state index contributed by atoms with van der Waals surface area (Å²) in [5.74, 6) is -1.11. The molecule has 1 aliphatic heterocycles. The predicted molar refractivity (Wildman–Crippen MR) is 136 cm³/mol. The summed E-state index contributed by atoms with van der Waals surface area (Å²) in [5, 5.41) is 22.2. The molecule has 9 heteroatoms. The van der Waals surface area contributed by atoms with Crippen molar-refractivity contribution in [2.75, 3.05) is 27.2 Å². The molecule has 0 spiro atoms. The highest BCUT2D eigenvalue weighted by atomic mass is 32.2. The average Bonchev–Trinajstić information content (AvgIpc) is 2.83. The zero-order valence-corrected chi connectivity index (χ0v) is 21.2. The number of aliphatic hydroxyl groups excluding tert-OH is 1. The van der Waals surface area contributed by atoms with Crippen LogP contribution in [0.3, 0.4) is 0 Å². The highest BCUT2D eigenvalue weighted by Crippen LogP contribution is 2.39. The quantitative estimate of drug-likeness (QED) is 0.350. The van der Waals surface area contributed by atoms with E-state index in [2.05, 4.69) is 20.4 Å². The number of hydrogen-bond acceptors (Lipinski definition) is 6. The van der Waals surface area contributed by atoms with Crippen molar-refractivity contribution < 1.29 is 19.6 Å².